The van der Waals surface area contributed by atoms with Crippen molar-refractivity contribution >= 4 is 46.6 Å². The number of nitrogens with two attached hydrogens (primary N) is 3. The van der Waals surface area contributed by atoms with Crippen LogP contribution in [0.3, 0.4) is 0 Å². The Kier molecular flexibility index (Phi) is 4.94. The van der Waals surface area contributed by atoms with Gasteiger partial charge in [0.15, 0.2) is 5.65 Å². The van der Waals surface area contributed by atoms with E-state index in [0.717, 1.165) is 35.0 Å². The Morgan fingerprint density at radius 1 is 1.09 bits per heavy atom. The highest BCUT2D eigenvalue weighted by Gasteiger charge is 2.48. The highest BCUT2D eigenvalue weighted by molar-refractivity contribution is 7.99. The van der Waals surface area contributed by atoms with Crippen molar-refractivity contribution in [2.75, 3.05) is 29.5 Å². The molecule has 0 saturated carbocycles. The van der Waals surface area contributed by atoms with E-state index in [2.05, 4.69) is 19.9 Å². The number of imidazole rings is 1. The third-order valence-corrected chi connectivity index (χ3v) is 8.19. The number of fused-ring (bicyclic) bond motifs is 2. The van der Waals surface area contributed by atoms with Gasteiger partial charge in [-0.05, 0) is 12.1 Å². The van der Waals surface area contributed by atoms with E-state index in [1.54, 1.807) is 30.9 Å². The highest BCUT2D eigenvalue weighted by Crippen LogP contribution is 2.47. The summed E-state index contributed by atoms with van der Waals surface area (Å²) in [5.41, 5.74) is 20.2. The number of hydrogen-bond acceptors (Lipinski definition) is 10. The number of rotatable bonds is 3. The molecule has 6 rings (SSSR count). The molecule has 0 amide bonds. The second-order valence-corrected chi connectivity index (χ2v) is 9.83. The Balaban J connectivity index is 1.29. The third-order valence-electron chi connectivity index (χ3n) is 6.53. The van der Waals surface area contributed by atoms with Crippen LogP contribution >= 0.6 is 23.4 Å². The number of aromatic nitrogens is 5. The summed E-state index contributed by atoms with van der Waals surface area (Å²) in [4.78, 5) is 21.1. The Morgan fingerprint density at radius 3 is 2.71 bits per heavy atom. The van der Waals surface area contributed by atoms with Crippen molar-refractivity contribution < 1.29 is 4.74 Å². The van der Waals surface area contributed by atoms with Gasteiger partial charge in [0.2, 0.25) is 5.95 Å². The van der Waals surface area contributed by atoms with Gasteiger partial charge in [0, 0.05) is 61.2 Å². The fraction of sp³-hybridized carbons (Fsp3) is 0.273. The molecule has 1 unspecified atom stereocenters. The van der Waals surface area contributed by atoms with Gasteiger partial charge < -0.3 is 26.8 Å². The molecule has 12 heteroatoms. The number of halogens is 1. The lowest BCUT2D eigenvalue weighted by Gasteiger charge is -2.41. The van der Waals surface area contributed by atoms with Crippen LogP contribution in [0.1, 0.15) is 24.4 Å². The van der Waals surface area contributed by atoms with Gasteiger partial charge in [-0.1, -0.05) is 23.4 Å². The van der Waals surface area contributed by atoms with E-state index >= 15 is 0 Å². The molecule has 6 heterocycles. The Bertz CT molecular complexity index is 1400. The molecule has 4 aromatic rings. The Morgan fingerprint density at radius 2 is 1.91 bits per heavy atom. The molecule has 6 N–H and O–H groups in total. The summed E-state index contributed by atoms with van der Waals surface area (Å²) in [5.74, 6) is 2.15. The van der Waals surface area contributed by atoms with Crippen molar-refractivity contribution in [3.63, 3.8) is 0 Å². The minimum atomic E-state index is -0.435. The van der Waals surface area contributed by atoms with Crippen LogP contribution in [0.5, 0.6) is 5.75 Å². The molecule has 174 valence electrons. The van der Waals surface area contributed by atoms with Crippen LogP contribution in [-0.2, 0) is 0 Å². The topological polar surface area (TPSA) is 146 Å². The van der Waals surface area contributed by atoms with Gasteiger partial charge in [-0.15, -0.1) is 0 Å². The maximum absolute atomic E-state index is 6.61. The van der Waals surface area contributed by atoms with Crippen LogP contribution < -0.4 is 26.8 Å². The van der Waals surface area contributed by atoms with E-state index in [4.69, 9.17) is 38.5 Å². The van der Waals surface area contributed by atoms with E-state index in [-0.39, 0.29) is 11.9 Å². The first-order valence-corrected chi connectivity index (χ1v) is 12.0. The standard InChI is InChI=1S/C22H22ClN9OS/c23-15-14(2-6-28-18(15)25)34-16-19(26)30-21(32-10-7-29-20(16)32)31-8-3-22(4-9-31)17(24)12-1-5-27-11-13(12)33-22/h1-2,5-7,10-11,17H,3-4,8-9,24,26H2,(H2,25,28). The minimum absolute atomic E-state index is 0.185. The second kappa shape index (κ2) is 7.90. The lowest BCUT2D eigenvalue weighted by atomic mass is 9.83. The largest absolute Gasteiger partial charge is 0.483 e. The van der Waals surface area contributed by atoms with Gasteiger partial charge in [0.05, 0.1) is 22.2 Å². The zero-order chi connectivity index (χ0) is 23.4. The second-order valence-electron chi connectivity index (χ2n) is 8.40. The van der Waals surface area contributed by atoms with Crippen LogP contribution in [0.4, 0.5) is 17.6 Å². The van der Waals surface area contributed by atoms with Crippen molar-refractivity contribution in [2.45, 2.75) is 34.3 Å². The fourth-order valence-corrected chi connectivity index (χ4v) is 5.87. The molecule has 1 fully saturated rings. The van der Waals surface area contributed by atoms with Gasteiger partial charge in [0.25, 0.3) is 0 Å². The average Bonchev–Trinajstić information content (AvgIpc) is 3.43. The normalized spacial score (nSPS) is 18.9. The molecule has 10 nitrogen and oxygen atoms in total. The van der Waals surface area contributed by atoms with E-state index in [9.17, 15) is 0 Å². The first kappa shape index (κ1) is 21.3. The van der Waals surface area contributed by atoms with Crippen LogP contribution in [0.2, 0.25) is 5.02 Å². The van der Waals surface area contributed by atoms with E-state index in [0.29, 0.717) is 34.5 Å². The summed E-state index contributed by atoms with van der Waals surface area (Å²) in [6.07, 6.45) is 10.2. The molecule has 0 aliphatic carbocycles. The number of ether oxygens (including phenoxy) is 1. The predicted molar refractivity (Wildman–Crippen MR) is 131 cm³/mol. The number of anilines is 3. The van der Waals surface area contributed by atoms with Crippen LogP contribution in [0.25, 0.3) is 5.65 Å². The smallest absolute Gasteiger partial charge is 0.213 e. The minimum Gasteiger partial charge on any atom is -0.483 e. The summed E-state index contributed by atoms with van der Waals surface area (Å²) in [6, 6.07) is 3.55. The summed E-state index contributed by atoms with van der Waals surface area (Å²) in [7, 11) is 0. The number of pyridine rings is 2. The first-order chi connectivity index (χ1) is 16.5. The molecule has 1 atom stereocenters. The number of piperidine rings is 1. The molecular weight excluding hydrogens is 474 g/mol. The SMILES string of the molecule is Nc1nccc(Sc2c(N)nc(N3CCC4(CC3)Oc3cnccc3C4N)n3ccnc23)c1Cl. The first-order valence-electron chi connectivity index (χ1n) is 10.8. The molecule has 2 aliphatic rings. The van der Waals surface area contributed by atoms with Crippen molar-refractivity contribution in [2.24, 2.45) is 5.73 Å². The van der Waals surface area contributed by atoms with Gasteiger partial charge in [-0.3, -0.25) is 9.38 Å². The maximum Gasteiger partial charge on any atom is 0.213 e. The molecule has 34 heavy (non-hydrogen) atoms. The molecule has 0 aromatic carbocycles. The van der Waals surface area contributed by atoms with Gasteiger partial charge in [0.1, 0.15) is 23.0 Å². The van der Waals surface area contributed by atoms with E-state index < -0.39 is 5.60 Å². The monoisotopic (exact) mass is 495 g/mol. The van der Waals surface area contributed by atoms with Gasteiger partial charge in [-0.2, -0.15) is 4.98 Å². The van der Waals surface area contributed by atoms with E-state index in [1.165, 1.54) is 11.8 Å². The molecule has 4 aromatic heterocycles. The average molecular weight is 496 g/mol. The molecule has 1 spiro atoms. The van der Waals surface area contributed by atoms with Crippen LogP contribution in [-0.4, -0.2) is 43.0 Å². The summed E-state index contributed by atoms with van der Waals surface area (Å²) < 4.78 is 8.27. The summed E-state index contributed by atoms with van der Waals surface area (Å²) in [6.45, 7) is 1.43. The molecule has 0 radical (unpaired) electrons. The highest BCUT2D eigenvalue weighted by atomic mass is 35.5. The molecule has 0 bridgehead atoms. The van der Waals surface area contributed by atoms with Crippen LogP contribution in [0.15, 0.2) is 52.9 Å². The van der Waals surface area contributed by atoms with Gasteiger partial charge in [-0.25, -0.2) is 9.97 Å². The summed E-state index contributed by atoms with van der Waals surface area (Å²) >= 11 is 7.72. The zero-order valence-electron chi connectivity index (χ0n) is 18.1. The van der Waals surface area contributed by atoms with Crippen molar-refractivity contribution in [1.82, 2.24) is 24.3 Å². The van der Waals surface area contributed by atoms with Crippen molar-refractivity contribution in [3.05, 3.63) is 53.7 Å². The predicted octanol–water partition coefficient (Wildman–Crippen LogP) is 2.92. The van der Waals surface area contributed by atoms with Crippen molar-refractivity contribution in [3.8, 4) is 5.75 Å². The molecule has 1 saturated heterocycles. The molecular formula is C22H22ClN9OS. The zero-order valence-corrected chi connectivity index (χ0v) is 19.6. The number of nitrogen functional groups attached to an aromatic ring is 2. The van der Waals surface area contributed by atoms with E-state index in [1.807, 2.05) is 16.7 Å². The van der Waals surface area contributed by atoms with Crippen molar-refractivity contribution in [1.29, 1.82) is 0 Å². The fourth-order valence-electron chi connectivity index (χ4n) is 4.71. The molecule has 2 aliphatic heterocycles. The quantitative estimate of drug-likeness (QED) is 0.387. The van der Waals surface area contributed by atoms with Gasteiger partial charge >= 0.3 is 0 Å². The Hall–Kier alpha value is -3.28. The number of hydrogen-bond donors (Lipinski definition) is 3. The third kappa shape index (κ3) is 3.23. The van der Waals surface area contributed by atoms with Crippen LogP contribution in [0, 0.1) is 0 Å². The lowest BCUT2D eigenvalue weighted by molar-refractivity contribution is 0.0427. The lowest BCUT2D eigenvalue weighted by Crippen LogP contribution is -2.52. The Labute approximate surface area is 204 Å². The summed E-state index contributed by atoms with van der Waals surface area (Å²) in [5, 5.41) is 0.381. The number of nitrogens with zero attached hydrogens (tertiary/aromatic N) is 6. The maximum atomic E-state index is 6.61.